The van der Waals surface area contributed by atoms with Gasteiger partial charge in [-0.15, -0.1) is 0 Å². The van der Waals surface area contributed by atoms with Crippen LogP contribution in [0.2, 0.25) is 0 Å². The van der Waals surface area contributed by atoms with Crippen molar-refractivity contribution in [1.29, 1.82) is 0 Å². The lowest BCUT2D eigenvalue weighted by Gasteiger charge is -2.40. The van der Waals surface area contributed by atoms with Crippen molar-refractivity contribution in [2.24, 2.45) is 11.8 Å². The maximum absolute atomic E-state index is 4.79. The minimum absolute atomic E-state index is 0.449. The van der Waals surface area contributed by atoms with Crippen LogP contribution in [0, 0.1) is 11.8 Å². The summed E-state index contributed by atoms with van der Waals surface area (Å²) in [6, 6.07) is 16.6. The van der Waals surface area contributed by atoms with Crippen LogP contribution in [0.15, 0.2) is 108 Å². The molecule has 2 aliphatic carbocycles. The minimum Gasteiger partial charge on any atom is -0.364 e. The van der Waals surface area contributed by atoms with Gasteiger partial charge in [0.15, 0.2) is 0 Å². The Morgan fingerprint density at radius 1 is 0.886 bits per heavy atom. The molecule has 0 saturated heterocycles. The largest absolute Gasteiger partial charge is 0.364 e. The molecule has 2 aliphatic rings. The Morgan fingerprint density at radius 2 is 1.52 bits per heavy atom. The average molecular weight is 590 g/mol. The van der Waals surface area contributed by atoms with Crippen LogP contribution in [0.5, 0.6) is 0 Å². The molecule has 0 spiro atoms. The van der Waals surface area contributed by atoms with E-state index in [-0.39, 0.29) is 0 Å². The van der Waals surface area contributed by atoms with E-state index < -0.39 is 0 Å². The van der Waals surface area contributed by atoms with Crippen LogP contribution < -0.4 is 0 Å². The van der Waals surface area contributed by atoms with Crippen molar-refractivity contribution in [2.45, 2.75) is 113 Å². The Hall–Kier alpha value is -3.32. The zero-order valence-corrected chi connectivity index (χ0v) is 29.4. The maximum atomic E-state index is 4.79. The van der Waals surface area contributed by atoms with Gasteiger partial charge in [-0.3, -0.25) is 0 Å². The van der Waals surface area contributed by atoms with E-state index in [4.69, 9.17) is 6.58 Å². The number of allylic oxidation sites excluding steroid dienone is 9. The minimum atomic E-state index is 0.449. The maximum Gasteiger partial charge on any atom is 0.0435 e. The number of aryl methyl sites for hydroxylation is 1. The Morgan fingerprint density at radius 3 is 2.14 bits per heavy atom. The van der Waals surface area contributed by atoms with E-state index >= 15 is 0 Å². The second-order valence-corrected chi connectivity index (χ2v) is 13.0. The first-order valence-corrected chi connectivity index (χ1v) is 17.2. The summed E-state index contributed by atoms with van der Waals surface area (Å²) in [5, 5.41) is 0. The molecule has 1 nitrogen and oxygen atoms in total. The molecule has 0 aromatic heterocycles. The van der Waals surface area contributed by atoms with Crippen molar-refractivity contribution in [3.63, 3.8) is 0 Å². The molecule has 44 heavy (non-hydrogen) atoms. The second kappa shape index (κ2) is 16.7. The molecule has 0 amide bonds. The Bertz CT molecular complexity index is 1400. The normalized spacial score (nSPS) is 18.8. The number of nitrogens with zero attached hydrogens (tertiary/aromatic N) is 1. The lowest BCUT2D eigenvalue weighted by atomic mass is 9.85. The van der Waals surface area contributed by atoms with Crippen molar-refractivity contribution >= 4 is 5.57 Å². The standard InChI is InChI=1S/C41H53N.C2H6/c1-10-35-18-23-38(37-21-19-36(20-22-37)31(6)28(2)3)26-39(35)27-42(40-24-16-29(4)17-25-40)34(9)32(7)33(8)41-15-13-11-12-14-30(41)5;1-2/h11-14,18-23,26,28-29,40H,6,9-10,15-17,24-25,27H2,1-5,7-8H3;1-2H3/b33-32+;. The molecule has 4 rings (SSSR count). The van der Waals surface area contributed by atoms with Gasteiger partial charge in [0.05, 0.1) is 0 Å². The van der Waals surface area contributed by atoms with E-state index in [0.29, 0.717) is 12.0 Å². The first-order valence-electron chi connectivity index (χ1n) is 17.2. The molecule has 236 valence electrons. The van der Waals surface area contributed by atoms with E-state index in [1.807, 2.05) is 13.8 Å². The summed E-state index contributed by atoms with van der Waals surface area (Å²) in [7, 11) is 0. The zero-order chi connectivity index (χ0) is 32.4. The molecule has 1 fully saturated rings. The average Bonchev–Trinajstić information content (AvgIpc) is 3.27. The highest BCUT2D eigenvalue weighted by molar-refractivity contribution is 5.70. The third-order valence-corrected chi connectivity index (χ3v) is 9.83. The molecule has 0 aliphatic heterocycles. The SMILES string of the molecule is C=C(c1ccc(-c2ccc(CC)c(CN(C(=C)/C(C)=C(\C)C3=C(C)C=CC=CC3)C3CCC(C)CC3)c2)cc1)C(C)C.CC. The van der Waals surface area contributed by atoms with E-state index in [2.05, 4.69) is 127 Å². The van der Waals surface area contributed by atoms with Crippen LogP contribution in [0.3, 0.4) is 0 Å². The molecule has 0 heterocycles. The smallest absolute Gasteiger partial charge is 0.0435 e. The molecule has 0 bridgehead atoms. The highest BCUT2D eigenvalue weighted by Gasteiger charge is 2.27. The van der Waals surface area contributed by atoms with Crippen LogP contribution in [-0.2, 0) is 13.0 Å². The van der Waals surface area contributed by atoms with E-state index in [1.165, 1.54) is 87.1 Å². The topological polar surface area (TPSA) is 3.24 Å². The third kappa shape index (κ3) is 8.65. The molecule has 0 radical (unpaired) electrons. The summed E-state index contributed by atoms with van der Waals surface area (Å²) in [6.07, 6.45) is 15.9. The quantitative estimate of drug-likeness (QED) is 0.249. The van der Waals surface area contributed by atoms with Gasteiger partial charge in [-0.25, -0.2) is 0 Å². The number of rotatable bonds is 10. The van der Waals surface area contributed by atoms with E-state index in [1.54, 1.807) is 0 Å². The summed E-state index contributed by atoms with van der Waals surface area (Å²) >= 11 is 0. The van der Waals surface area contributed by atoms with Gasteiger partial charge in [0.2, 0.25) is 0 Å². The van der Waals surface area contributed by atoms with Gasteiger partial charge >= 0.3 is 0 Å². The molecular formula is C43H59N. The Kier molecular flexibility index (Phi) is 13.3. The van der Waals surface area contributed by atoms with Crippen molar-refractivity contribution in [1.82, 2.24) is 4.90 Å². The third-order valence-electron chi connectivity index (χ3n) is 9.83. The van der Waals surface area contributed by atoms with Crippen molar-refractivity contribution in [3.05, 3.63) is 125 Å². The fourth-order valence-corrected chi connectivity index (χ4v) is 6.52. The van der Waals surface area contributed by atoms with Crippen LogP contribution in [0.1, 0.15) is 111 Å². The number of hydrogen-bond donors (Lipinski definition) is 0. The van der Waals surface area contributed by atoms with E-state index in [0.717, 1.165) is 25.3 Å². The molecule has 1 heteroatoms. The molecule has 0 N–H and O–H groups in total. The summed E-state index contributed by atoms with van der Waals surface area (Å²) < 4.78 is 0. The zero-order valence-electron chi connectivity index (χ0n) is 29.4. The Labute approximate surface area is 270 Å². The summed E-state index contributed by atoms with van der Waals surface area (Å²) in [5.41, 5.74) is 14.5. The van der Waals surface area contributed by atoms with Crippen molar-refractivity contribution in [2.75, 3.05) is 0 Å². The fourth-order valence-electron chi connectivity index (χ4n) is 6.52. The molecule has 2 aromatic carbocycles. The van der Waals surface area contributed by atoms with Gasteiger partial charge in [-0.05, 0) is 133 Å². The summed E-state index contributed by atoms with van der Waals surface area (Å²) in [4.78, 5) is 2.66. The van der Waals surface area contributed by atoms with Crippen LogP contribution in [-0.4, -0.2) is 10.9 Å². The highest BCUT2D eigenvalue weighted by Crippen LogP contribution is 2.36. The highest BCUT2D eigenvalue weighted by atomic mass is 15.2. The fraction of sp³-hybridized carbons (Fsp3) is 0.442. The van der Waals surface area contributed by atoms with Crippen LogP contribution >= 0.6 is 0 Å². The van der Waals surface area contributed by atoms with Gasteiger partial charge < -0.3 is 4.90 Å². The Balaban J connectivity index is 0.00000259. The van der Waals surface area contributed by atoms with Gasteiger partial charge in [0.25, 0.3) is 0 Å². The molecule has 0 atom stereocenters. The lowest BCUT2D eigenvalue weighted by Crippen LogP contribution is -2.37. The molecule has 0 unspecified atom stereocenters. The first kappa shape index (κ1) is 35.2. The summed E-state index contributed by atoms with van der Waals surface area (Å²) in [5.74, 6) is 1.27. The van der Waals surface area contributed by atoms with Crippen molar-refractivity contribution < 1.29 is 0 Å². The van der Waals surface area contributed by atoms with Crippen molar-refractivity contribution in [3.8, 4) is 11.1 Å². The van der Waals surface area contributed by atoms with E-state index in [9.17, 15) is 0 Å². The van der Waals surface area contributed by atoms with Gasteiger partial charge in [0, 0.05) is 18.3 Å². The van der Waals surface area contributed by atoms with Gasteiger partial charge in [-0.2, -0.15) is 0 Å². The lowest BCUT2D eigenvalue weighted by molar-refractivity contribution is 0.174. The van der Waals surface area contributed by atoms with Crippen LogP contribution in [0.4, 0.5) is 0 Å². The second-order valence-electron chi connectivity index (χ2n) is 13.0. The molecule has 2 aromatic rings. The van der Waals surface area contributed by atoms with Gasteiger partial charge in [-0.1, -0.05) is 115 Å². The number of benzene rings is 2. The summed E-state index contributed by atoms with van der Waals surface area (Å²) in [6.45, 7) is 29.9. The molecule has 1 saturated carbocycles. The van der Waals surface area contributed by atoms with Gasteiger partial charge in [0.1, 0.15) is 0 Å². The number of hydrogen-bond acceptors (Lipinski definition) is 1. The first-order chi connectivity index (χ1) is 21.1. The molecular weight excluding hydrogens is 530 g/mol. The predicted molar refractivity (Wildman–Crippen MR) is 197 cm³/mol. The van der Waals surface area contributed by atoms with Crippen LogP contribution in [0.25, 0.3) is 16.7 Å². The predicted octanol–water partition coefficient (Wildman–Crippen LogP) is 12.7. The monoisotopic (exact) mass is 589 g/mol.